The lowest BCUT2D eigenvalue weighted by atomic mass is 9.68. The van der Waals surface area contributed by atoms with Gasteiger partial charge in [0.15, 0.2) is 11.2 Å². The summed E-state index contributed by atoms with van der Waals surface area (Å²) < 4.78 is 15.7. The molecule has 0 amide bonds. The van der Waals surface area contributed by atoms with Crippen LogP contribution in [0.1, 0.15) is 24.0 Å². The average Bonchev–Trinajstić information content (AvgIpc) is 3.15. The number of methoxy groups -OCH3 is 3. The largest absolute Gasteiger partial charge is 0.497 e. The van der Waals surface area contributed by atoms with Gasteiger partial charge in [-0.05, 0) is 42.8 Å². The zero-order valence-corrected chi connectivity index (χ0v) is 18.4. The third-order valence-electron chi connectivity index (χ3n) is 6.44. The first-order chi connectivity index (χ1) is 15.4. The third kappa shape index (κ3) is 2.94. The SMILES string of the molecule is COC(=O)[C@@]1(C#N)[C@H](c2ccc(OC)cc2)[C@@H](C(C)=O)N2c3ccc(OC)cc3C=C[C@H]21. The molecule has 32 heavy (non-hydrogen) atoms. The molecule has 2 aromatic rings. The number of fused-ring (bicyclic) bond motifs is 3. The minimum absolute atomic E-state index is 0.145. The number of rotatable bonds is 5. The van der Waals surface area contributed by atoms with E-state index >= 15 is 0 Å². The number of carbonyl (C=O) groups excluding carboxylic acids is 2. The zero-order valence-electron chi connectivity index (χ0n) is 18.4. The Kier molecular flexibility index (Phi) is 5.39. The van der Waals surface area contributed by atoms with Crippen molar-refractivity contribution in [3.05, 3.63) is 59.7 Å². The number of anilines is 1. The molecule has 0 radical (unpaired) electrons. The van der Waals surface area contributed by atoms with Crippen molar-refractivity contribution in [1.29, 1.82) is 5.26 Å². The van der Waals surface area contributed by atoms with Gasteiger partial charge in [0.25, 0.3) is 0 Å². The summed E-state index contributed by atoms with van der Waals surface area (Å²) >= 11 is 0. The molecule has 0 aromatic heterocycles. The van der Waals surface area contributed by atoms with Crippen LogP contribution in [0.3, 0.4) is 0 Å². The maximum absolute atomic E-state index is 13.2. The van der Waals surface area contributed by atoms with Crippen molar-refractivity contribution in [2.45, 2.75) is 24.9 Å². The Morgan fingerprint density at radius 1 is 1.03 bits per heavy atom. The Labute approximate surface area is 186 Å². The summed E-state index contributed by atoms with van der Waals surface area (Å²) in [6.45, 7) is 1.49. The lowest BCUT2D eigenvalue weighted by Crippen LogP contribution is -2.46. The summed E-state index contributed by atoms with van der Waals surface area (Å²) in [4.78, 5) is 28.2. The van der Waals surface area contributed by atoms with Gasteiger partial charge in [0.05, 0.1) is 39.5 Å². The molecule has 2 heterocycles. The molecule has 0 unspecified atom stereocenters. The standard InChI is InChI=1S/C25H24N2O5/c1-15(28)23-22(16-5-8-18(30-2)9-6-16)25(14-26,24(29)32-4)21-12-7-17-13-19(31-3)10-11-20(17)27(21)23/h5-13,21-23H,1-4H3/t21-,22+,23+,25+/m0/s1. The van der Waals surface area contributed by atoms with Crippen LogP contribution < -0.4 is 14.4 Å². The second-order valence-electron chi connectivity index (χ2n) is 7.91. The van der Waals surface area contributed by atoms with Crippen molar-refractivity contribution in [2.24, 2.45) is 5.41 Å². The van der Waals surface area contributed by atoms with E-state index in [9.17, 15) is 14.9 Å². The van der Waals surface area contributed by atoms with Crippen LogP contribution in [-0.2, 0) is 14.3 Å². The van der Waals surface area contributed by atoms with Gasteiger partial charge in [0, 0.05) is 17.2 Å². The molecule has 0 bridgehead atoms. The van der Waals surface area contributed by atoms with E-state index in [1.807, 2.05) is 23.1 Å². The van der Waals surface area contributed by atoms with Gasteiger partial charge in [0.2, 0.25) is 0 Å². The Hall–Kier alpha value is -3.79. The van der Waals surface area contributed by atoms with E-state index in [0.717, 1.165) is 11.3 Å². The predicted molar refractivity (Wildman–Crippen MR) is 119 cm³/mol. The molecule has 0 saturated carbocycles. The number of nitrogens with zero attached hydrogens (tertiary/aromatic N) is 2. The molecule has 0 aliphatic carbocycles. The fourth-order valence-electron chi connectivity index (χ4n) is 5.04. The third-order valence-corrected chi connectivity index (χ3v) is 6.44. The normalized spacial score (nSPS) is 25.3. The number of ketones is 1. The van der Waals surface area contributed by atoms with E-state index in [1.165, 1.54) is 14.0 Å². The highest BCUT2D eigenvalue weighted by Crippen LogP contribution is 2.56. The molecule has 1 saturated heterocycles. The van der Waals surface area contributed by atoms with E-state index in [0.29, 0.717) is 17.1 Å². The van der Waals surface area contributed by atoms with Gasteiger partial charge in [-0.3, -0.25) is 9.59 Å². The molecule has 2 aliphatic heterocycles. The molecule has 2 aromatic carbocycles. The van der Waals surface area contributed by atoms with E-state index in [2.05, 4.69) is 6.07 Å². The van der Waals surface area contributed by atoms with Gasteiger partial charge in [0.1, 0.15) is 11.5 Å². The molecular formula is C25H24N2O5. The summed E-state index contributed by atoms with van der Waals surface area (Å²) in [5.41, 5.74) is 0.682. The average molecular weight is 432 g/mol. The van der Waals surface area contributed by atoms with Crippen molar-refractivity contribution in [3.63, 3.8) is 0 Å². The molecule has 7 nitrogen and oxygen atoms in total. The van der Waals surface area contributed by atoms with Crippen LogP contribution in [0.25, 0.3) is 6.08 Å². The van der Waals surface area contributed by atoms with Crippen LogP contribution in [0.4, 0.5) is 5.69 Å². The first-order valence-corrected chi connectivity index (χ1v) is 10.2. The summed E-state index contributed by atoms with van der Waals surface area (Å²) in [5, 5.41) is 10.5. The van der Waals surface area contributed by atoms with Crippen molar-refractivity contribution >= 4 is 23.5 Å². The maximum Gasteiger partial charge on any atom is 0.329 e. The monoisotopic (exact) mass is 432 g/mol. The van der Waals surface area contributed by atoms with E-state index < -0.39 is 29.4 Å². The Balaban J connectivity index is 1.98. The molecule has 164 valence electrons. The molecule has 4 rings (SSSR count). The Morgan fingerprint density at radius 3 is 2.25 bits per heavy atom. The topological polar surface area (TPSA) is 88.9 Å². The van der Waals surface area contributed by atoms with Gasteiger partial charge >= 0.3 is 5.97 Å². The summed E-state index contributed by atoms with van der Waals surface area (Å²) in [6, 6.07) is 13.5. The maximum atomic E-state index is 13.2. The first kappa shape index (κ1) is 21.4. The highest BCUT2D eigenvalue weighted by Gasteiger charge is 2.66. The second-order valence-corrected chi connectivity index (χ2v) is 7.91. The van der Waals surface area contributed by atoms with Crippen molar-refractivity contribution in [3.8, 4) is 17.6 Å². The van der Waals surface area contributed by atoms with Crippen molar-refractivity contribution < 1.29 is 23.8 Å². The van der Waals surface area contributed by atoms with Crippen LogP contribution in [-0.4, -0.2) is 45.2 Å². The number of benzene rings is 2. The fraction of sp³-hybridized carbons (Fsp3) is 0.320. The lowest BCUT2D eigenvalue weighted by molar-refractivity contribution is -0.150. The smallest absolute Gasteiger partial charge is 0.329 e. The quantitative estimate of drug-likeness (QED) is 0.670. The van der Waals surface area contributed by atoms with Crippen LogP contribution in [0.2, 0.25) is 0 Å². The molecular weight excluding hydrogens is 408 g/mol. The van der Waals surface area contributed by atoms with Crippen LogP contribution >= 0.6 is 0 Å². The number of hydrogen-bond acceptors (Lipinski definition) is 7. The number of ether oxygens (including phenoxy) is 3. The predicted octanol–water partition coefficient (Wildman–Crippen LogP) is 3.34. The minimum Gasteiger partial charge on any atom is -0.497 e. The second kappa shape index (κ2) is 8.04. The van der Waals surface area contributed by atoms with Crippen molar-refractivity contribution in [2.75, 3.05) is 26.2 Å². The van der Waals surface area contributed by atoms with Crippen molar-refractivity contribution in [1.82, 2.24) is 0 Å². The van der Waals surface area contributed by atoms with E-state index in [4.69, 9.17) is 14.2 Å². The summed E-state index contributed by atoms with van der Waals surface area (Å²) in [5.74, 6) is -0.236. The molecule has 0 N–H and O–H groups in total. The zero-order chi connectivity index (χ0) is 23.0. The Bertz CT molecular complexity index is 1130. The van der Waals surface area contributed by atoms with Gasteiger partial charge in [-0.1, -0.05) is 24.3 Å². The van der Waals surface area contributed by atoms with Crippen LogP contribution in [0.5, 0.6) is 11.5 Å². The number of esters is 1. The highest BCUT2D eigenvalue weighted by molar-refractivity contribution is 5.96. The van der Waals surface area contributed by atoms with Gasteiger partial charge in [-0.25, -0.2) is 0 Å². The van der Waals surface area contributed by atoms with Crippen LogP contribution in [0, 0.1) is 16.7 Å². The number of carbonyl (C=O) groups is 2. The minimum atomic E-state index is -1.62. The lowest BCUT2D eigenvalue weighted by Gasteiger charge is -2.36. The molecule has 0 spiro atoms. The molecule has 1 fully saturated rings. The van der Waals surface area contributed by atoms with E-state index in [-0.39, 0.29) is 5.78 Å². The molecule has 2 aliphatic rings. The number of hydrogen-bond donors (Lipinski definition) is 0. The van der Waals surface area contributed by atoms with Gasteiger partial charge in [-0.15, -0.1) is 0 Å². The number of nitriles is 1. The Morgan fingerprint density at radius 2 is 1.69 bits per heavy atom. The molecule has 4 atom stereocenters. The fourth-order valence-corrected chi connectivity index (χ4v) is 5.04. The first-order valence-electron chi connectivity index (χ1n) is 10.2. The van der Waals surface area contributed by atoms with Crippen LogP contribution in [0.15, 0.2) is 48.5 Å². The summed E-state index contributed by atoms with van der Waals surface area (Å²) in [6.07, 6.45) is 3.67. The van der Waals surface area contributed by atoms with Gasteiger partial charge < -0.3 is 19.1 Å². The number of Topliss-reactive ketones (excluding diaryl/α,β-unsaturated/α-hetero) is 1. The van der Waals surface area contributed by atoms with E-state index in [1.54, 1.807) is 50.6 Å². The summed E-state index contributed by atoms with van der Waals surface area (Å²) in [7, 11) is 4.42. The molecule has 7 heteroatoms. The van der Waals surface area contributed by atoms with Gasteiger partial charge in [-0.2, -0.15) is 5.26 Å². The highest BCUT2D eigenvalue weighted by atomic mass is 16.5.